The maximum Gasteiger partial charge on any atom is 0.417 e. The number of rotatable bonds is 4. The third kappa shape index (κ3) is 5.19. The fourth-order valence-corrected chi connectivity index (χ4v) is 3.14. The molecule has 3 rings (SSSR count). The van der Waals surface area contributed by atoms with E-state index in [1.807, 2.05) is 20.8 Å². The summed E-state index contributed by atoms with van der Waals surface area (Å²) in [6.07, 6.45) is -2.72. The molecule has 0 aliphatic heterocycles. The number of halogens is 3. The lowest BCUT2D eigenvalue weighted by molar-refractivity contribution is -0.137. The van der Waals surface area contributed by atoms with Crippen molar-refractivity contribution >= 4 is 6.03 Å². The standard InChI is InChI=1S/C23H23F3N4O2/c1-14(28-21(31)30-10-9-20(29-30)22(2,3)4)11-17-7-8-19(32-17)15-5-6-16(13-27)18(12-15)23(24,25)26/h5-10,12,14H,11H2,1-4H3,(H,28,31). The van der Waals surface area contributed by atoms with Gasteiger partial charge in [0.25, 0.3) is 0 Å². The molecule has 2 aromatic heterocycles. The second-order valence-corrected chi connectivity index (χ2v) is 8.59. The lowest BCUT2D eigenvalue weighted by Crippen LogP contribution is -2.37. The van der Waals surface area contributed by atoms with Gasteiger partial charge in [-0.25, -0.2) is 4.79 Å². The molecule has 1 aromatic carbocycles. The van der Waals surface area contributed by atoms with Crippen LogP contribution in [0.5, 0.6) is 0 Å². The molecule has 1 atom stereocenters. The summed E-state index contributed by atoms with van der Waals surface area (Å²) in [5.41, 5.74) is -0.635. The number of furan rings is 1. The third-order valence-corrected chi connectivity index (χ3v) is 4.83. The van der Waals surface area contributed by atoms with Gasteiger partial charge in [-0.15, -0.1) is 0 Å². The molecule has 2 heterocycles. The van der Waals surface area contributed by atoms with E-state index in [2.05, 4.69) is 10.4 Å². The highest BCUT2D eigenvalue weighted by atomic mass is 19.4. The van der Waals surface area contributed by atoms with Crippen LogP contribution in [0.1, 0.15) is 50.3 Å². The monoisotopic (exact) mass is 444 g/mol. The molecule has 0 radical (unpaired) electrons. The van der Waals surface area contributed by atoms with E-state index in [9.17, 15) is 18.0 Å². The molecule has 0 aliphatic rings. The predicted octanol–water partition coefficient (Wildman–Crippen LogP) is 5.52. The number of carbonyl (C=O) groups excluding carboxylic acids is 1. The van der Waals surface area contributed by atoms with Gasteiger partial charge in [0.2, 0.25) is 0 Å². The van der Waals surface area contributed by atoms with Crippen LogP contribution in [-0.4, -0.2) is 21.9 Å². The first-order chi connectivity index (χ1) is 14.9. The van der Waals surface area contributed by atoms with Crippen LogP contribution < -0.4 is 5.32 Å². The zero-order valence-electron chi connectivity index (χ0n) is 18.1. The smallest absolute Gasteiger partial charge is 0.417 e. The number of benzene rings is 1. The van der Waals surface area contributed by atoms with E-state index < -0.39 is 17.3 Å². The molecular formula is C23H23F3N4O2. The average molecular weight is 444 g/mol. The number of hydrogen-bond acceptors (Lipinski definition) is 4. The number of aromatic nitrogens is 2. The summed E-state index contributed by atoms with van der Waals surface area (Å²) in [4.78, 5) is 12.4. The van der Waals surface area contributed by atoms with Gasteiger partial charge in [0.1, 0.15) is 11.5 Å². The molecule has 6 nitrogen and oxygen atoms in total. The third-order valence-electron chi connectivity index (χ3n) is 4.83. The first-order valence-corrected chi connectivity index (χ1v) is 9.96. The molecule has 3 aromatic rings. The van der Waals surface area contributed by atoms with Crippen molar-refractivity contribution in [1.29, 1.82) is 5.26 Å². The molecular weight excluding hydrogens is 421 g/mol. The second kappa shape index (κ2) is 8.54. The molecule has 1 N–H and O–H groups in total. The molecule has 0 fully saturated rings. The van der Waals surface area contributed by atoms with Crippen LogP contribution in [-0.2, 0) is 18.0 Å². The lowest BCUT2D eigenvalue weighted by atomic mass is 9.93. The number of nitriles is 1. The van der Waals surface area contributed by atoms with E-state index in [-0.39, 0.29) is 28.8 Å². The Morgan fingerprint density at radius 1 is 1.22 bits per heavy atom. The first-order valence-electron chi connectivity index (χ1n) is 9.96. The van der Waals surface area contributed by atoms with Crippen LogP contribution in [0.15, 0.2) is 47.0 Å². The van der Waals surface area contributed by atoms with E-state index in [1.165, 1.54) is 10.7 Å². The fraction of sp³-hybridized carbons (Fsp3) is 0.348. The maximum absolute atomic E-state index is 13.2. The number of nitrogens with one attached hydrogen (secondary N) is 1. The minimum Gasteiger partial charge on any atom is -0.461 e. The molecule has 0 saturated heterocycles. The van der Waals surface area contributed by atoms with Crippen LogP contribution in [0.3, 0.4) is 0 Å². The molecule has 1 amide bonds. The van der Waals surface area contributed by atoms with Gasteiger partial charge in [-0.1, -0.05) is 20.8 Å². The summed E-state index contributed by atoms with van der Waals surface area (Å²) >= 11 is 0. The Morgan fingerprint density at radius 3 is 2.53 bits per heavy atom. The minimum absolute atomic E-state index is 0.181. The van der Waals surface area contributed by atoms with Gasteiger partial charge < -0.3 is 9.73 Å². The highest BCUT2D eigenvalue weighted by Gasteiger charge is 2.34. The zero-order valence-corrected chi connectivity index (χ0v) is 18.1. The normalized spacial score (nSPS) is 12.9. The van der Waals surface area contributed by atoms with Gasteiger partial charge in [-0.05, 0) is 43.3 Å². The van der Waals surface area contributed by atoms with Gasteiger partial charge in [0, 0.05) is 29.6 Å². The quantitative estimate of drug-likeness (QED) is 0.574. The predicted molar refractivity (Wildman–Crippen MR) is 112 cm³/mol. The highest BCUT2D eigenvalue weighted by molar-refractivity contribution is 5.76. The Morgan fingerprint density at radius 2 is 1.94 bits per heavy atom. The summed E-state index contributed by atoms with van der Waals surface area (Å²) in [7, 11) is 0. The van der Waals surface area contributed by atoms with Crippen LogP contribution in [0, 0.1) is 11.3 Å². The fourth-order valence-electron chi connectivity index (χ4n) is 3.14. The van der Waals surface area contributed by atoms with Crippen molar-refractivity contribution in [2.75, 3.05) is 0 Å². The van der Waals surface area contributed by atoms with Crippen LogP contribution in [0.4, 0.5) is 18.0 Å². The van der Waals surface area contributed by atoms with E-state index in [4.69, 9.17) is 9.68 Å². The van der Waals surface area contributed by atoms with Crippen molar-refractivity contribution in [3.8, 4) is 17.4 Å². The van der Waals surface area contributed by atoms with Crippen molar-refractivity contribution in [2.45, 2.75) is 51.7 Å². The Labute approximate surface area is 183 Å². The molecule has 0 spiro atoms. The van der Waals surface area contributed by atoms with Gasteiger partial charge in [0.05, 0.1) is 22.9 Å². The SMILES string of the molecule is CC(Cc1ccc(-c2ccc(C#N)c(C(F)(F)F)c2)o1)NC(=O)n1ccc(C(C)(C)C)n1. The summed E-state index contributed by atoms with van der Waals surface area (Å²) in [5.74, 6) is 0.747. The average Bonchev–Trinajstić information content (AvgIpc) is 3.36. The topological polar surface area (TPSA) is 83.9 Å². The van der Waals surface area contributed by atoms with Gasteiger partial charge in [-0.3, -0.25) is 0 Å². The molecule has 0 bridgehead atoms. The van der Waals surface area contributed by atoms with Crippen LogP contribution >= 0.6 is 0 Å². The Kier molecular flexibility index (Phi) is 6.17. The Bertz CT molecular complexity index is 1160. The summed E-state index contributed by atoms with van der Waals surface area (Å²) in [6.45, 7) is 7.79. The largest absolute Gasteiger partial charge is 0.461 e. The Balaban J connectivity index is 1.69. The van der Waals surface area contributed by atoms with E-state index >= 15 is 0 Å². The zero-order chi connectivity index (χ0) is 23.7. The van der Waals surface area contributed by atoms with Gasteiger partial charge in [-0.2, -0.15) is 28.2 Å². The maximum atomic E-state index is 13.2. The van der Waals surface area contributed by atoms with Crippen molar-refractivity contribution in [3.63, 3.8) is 0 Å². The highest BCUT2D eigenvalue weighted by Crippen LogP contribution is 2.35. The van der Waals surface area contributed by atoms with Crippen molar-refractivity contribution in [2.24, 2.45) is 0 Å². The molecule has 1 unspecified atom stereocenters. The van der Waals surface area contributed by atoms with Crippen molar-refractivity contribution < 1.29 is 22.4 Å². The molecule has 168 valence electrons. The van der Waals surface area contributed by atoms with E-state index in [0.29, 0.717) is 12.2 Å². The van der Waals surface area contributed by atoms with E-state index in [1.54, 1.807) is 37.4 Å². The number of hydrogen-bond donors (Lipinski definition) is 1. The lowest BCUT2D eigenvalue weighted by Gasteiger charge is -2.15. The number of amides is 1. The molecule has 32 heavy (non-hydrogen) atoms. The second-order valence-electron chi connectivity index (χ2n) is 8.59. The first kappa shape index (κ1) is 23.1. The summed E-state index contributed by atoms with van der Waals surface area (Å²) < 4.78 is 46.6. The van der Waals surface area contributed by atoms with Crippen LogP contribution in [0.2, 0.25) is 0 Å². The molecule has 0 saturated carbocycles. The summed E-state index contributed by atoms with van der Waals surface area (Å²) in [6, 6.07) is 9.29. The van der Waals surface area contributed by atoms with Crippen molar-refractivity contribution in [1.82, 2.24) is 15.1 Å². The Hall–Kier alpha value is -3.54. The number of carbonyl (C=O) groups is 1. The minimum atomic E-state index is -4.64. The van der Waals surface area contributed by atoms with Crippen LogP contribution in [0.25, 0.3) is 11.3 Å². The number of alkyl halides is 3. The van der Waals surface area contributed by atoms with Gasteiger partial charge in [0.15, 0.2) is 0 Å². The van der Waals surface area contributed by atoms with Gasteiger partial charge >= 0.3 is 12.2 Å². The molecule has 0 aliphatic carbocycles. The van der Waals surface area contributed by atoms with E-state index in [0.717, 1.165) is 17.8 Å². The summed E-state index contributed by atoms with van der Waals surface area (Å²) in [5, 5.41) is 16.0. The molecule has 9 heteroatoms. The number of nitrogens with zero attached hydrogens (tertiary/aromatic N) is 3. The van der Waals surface area contributed by atoms with Crippen molar-refractivity contribution in [3.05, 3.63) is 65.2 Å².